The summed E-state index contributed by atoms with van der Waals surface area (Å²) in [4.78, 5) is 28.7. The van der Waals surface area contributed by atoms with Crippen LogP contribution in [0.4, 0.5) is 36.8 Å². The zero-order valence-corrected chi connectivity index (χ0v) is 24.3. The number of hydrogen-bond acceptors (Lipinski definition) is 7. The molecule has 2 aromatic carbocycles. The third kappa shape index (κ3) is 9.89. The topological polar surface area (TPSA) is 122 Å². The van der Waals surface area contributed by atoms with Crippen LogP contribution < -0.4 is 16.0 Å². The molecule has 0 bridgehead atoms. The zero-order chi connectivity index (χ0) is 33.3. The number of halogens is 6. The number of morpholine rings is 1. The van der Waals surface area contributed by atoms with Gasteiger partial charge in [-0.05, 0) is 48.2 Å². The van der Waals surface area contributed by atoms with Crippen LogP contribution in [0.5, 0.6) is 0 Å². The van der Waals surface area contributed by atoms with Crippen LogP contribution >= 0.6 is 0 Å². The number of nitrogens with zero attached hydrogens (tertiary/aromatic N) is 1. The van der Waals surface area contributed by atoms with Gasteiger partial charge in [-0.15, -0.1) is 0 Å². The lowest BCUT2D eigenvalue weighted by Gasteiger charge is -2.30. The van der Waals surface area contributed by atoms with Gasteiger partial charge in [-0.3, -0.25) is 9.78 Å². The summed E-state index contributed by atoms with van der Waals surface area (Å²) in [6.07, 6.45) is -3.87. The van der Waals surface area contributed by atoms with Crippen molar-refractivity contribution in [2.75, 3.05) is 31.7 Å². The number of hydrogen-bond donors (Lipinski definition) is 4. The summed E-state index contributed by atoms with van der Waals surface area (Å²) in [6, 6.07) is 8.24. The zero-order valence-electron chi connectivity index (χ0n) is 24.3. The van der Waals surface area contributed by atoms with E-state index in [1.54, 1.807) is 5.32 Å². The minimum Gasteiger partial charge on any atom is -0.448 e. The fourth-order valence-electron chi connectivity index (χ4n) is 4.89. The number of carbonyl (C=O) groups excluding carboxylic acids is 2. The standard InChI is InChI=1S/C31H32F6N4O5/c32-20-5-1-18(2-6-20)25(19-3-7-21(33)8-4-19)11-29(43)40-27-14-38-13-26(34)24(27)10-9-23-12-39-22(16-45-23)17-46-30(44)41-28(15-42)31(35,36)37/h1-8,13-14,22-23,25,28,39,42H,9-12,15-17H2,(H,40,43)(H,41,44)/t22-,23+,28?/m0/s1. The number of carbonyl (C=O) groups is 2. The first-order valence-corrected chi connectivity index (χ1v) is 14.3. The molecule has 4 N–H and O–H groups in total. The second kappa shape index (κ2) is 15.9. The van der Waals surface area contributed by atoms with Crippen LogP contribution in [0.1, 0.15) is 35.4 Å². The normalized spacial score (nSPS) is 17.4. The lowest BCUT2D eigenvalue weighted by molar-refractivity contribution is -0.162. The maximum absolute atomic E-state index is 14.9. The maximum atomic E-state index is 14.9. The van der Waals surface area contributed by atoms with Crippen molar-refractivity contribution in [2.45, 2.75) is 49.5 Å². The molecular weight excluding hydrogens is 622 g/mol. The van der Waals surface area contributed by atoms with Crippen LogP contribution in [0.25, 0.3) is 0 Å². The molecule has 46 heavy (non-hydrogen) atoms. The predicted octanol–water partition coefficient (Wildman–Crippen LogP) is 4.60. The number of nitrogens with one attached hydrogen (secondary N) is 3. The number of rotatable bonds is 12. The molecule has 4 rings (SSSR count). The molecule has 0 spiro atoms. The molecule has 3 aromatic rings. The number of aliphatic hydroxyl groups excluding tert-OH is 1. The van der Waals surface area contributed by atoms with Gasteiger partial charge in [0.15, 0.2) is 6.04 Å². The Labute approximate surface area is 260 Å². The molecule has 2 amide bonds. The molecule has 3 atom stereocenters. The highest BCUT2D eigenvalue weighted by Gasteiger charge is 2.40. The molecule has 2 heterocycles. The van der Waals surface area contributed by atoms with Crippen LogP contribution in [0.3, 0.4) is 0 Å². The molecule has 0 saturated carbocycles. The van der Waals surface area contributed by atoms with Crippen molar-refractivity contribution in [1.29, 1.82) is 0 Å². The van der Waals surface area contributed by atoms with E-state index in [1.165, 1.54) is 54.7 Å². The van der Waals surface area contributed by atoms with E-state index < -0.39 is 66.3 Å². The van der Waals surface area contributed by atoms with Gasteiger partial charge in [0.2, 0.25) is 5.91 Å². The number of amides is 2. The van der Waals surface area contributed by atoms with Crippen molar-refractivity contribution in [2.24, 2.45) is 0 Å². The van der Waals surface area contributed by atoms with Gasteiger partial charge in [-0.1, -0.05) is 24.3 Å². The number of ether oxygens (including phenoxy) is 2. The third-order valence-electron chi connectivity index (χ3n) is 7.38. The van der Waals surface area contributed by atoms with Gasteiger partial charge in [0, 0.05) is 24.4 Å². The van der Waals surface area contributed by atoms with Crippen molar-refractivity contribution >= 4 is 17.7 Å². The van der Waals surface area contributed by atoms with E-state index in [4.69, 9.17) is 14.6 Å². The lowest BCUT2D eigenvalue weighted by atomic mass is 9.88. The predicted molar refractivity (Wildman–Crippen MR) is 153 cm³/mol. The molecular formula is C31H32F6N4O5. The lowest BCUT2D eigenvalue weighted by Crippen LogP contribution is -2.51. The largest absolute Gasteiger partial charge is 0.448 e. The van der Waals surface area contributed by atoms with E-state index >= 15 is 0 Å². The van der Waals surface area contributed by atoms with Crippen molar-refractivity contribution in [3.05, 3.63) is 95.1 Å². The summed E-state index contributed by atoms with van der Waals surface area (Å²) < 4.78 is 90.6. The quantitative estimate of drug-likeness (QED) is 0.211. The van der Waals surface area contributed by atoms with Gasteiger partial charge in [0.1, 0.15) is 24.1 Å². The maximum Gasteiger partial charge on any atom is 0.410 e. The number of aromatic nitrogens is 1. The summed E-state index contributed by atoms with van der Waals surface area (Å²) in [7, 11) is 0. The molecule has 9 nitrogen and oxygen atoms in total. The minimum absolute atomic E-state index is 0.0528. The van der Waals surface area contributed by atoms with E-state index in [-0.39, 0.29) is 43.9 Å². The Balaban J connectivity index is 1.31. The van der Waals surface area contributed by atoms with Gasteiger partial charge >= 0.3 is 12.3 Å². The molecule has 248 valence electrons. The van der Waals surface area contributed by atoms with Crippen molar-refractivity contribution in [1.82, 2.24) is 15.6 Å². The monoisotopic (exact) mass is 654 g/mol. The summed E-state index contributed by atoms with van der Waals surface area (Å²) in [5.74, 6) is -2.57. The summed E-state index contributed by atoms with van der Waals surface area (Å²) in [5, 5.41) is 16.1. The molecule has 1 aliphatic rings. The number of aliphatic hydroxyl groups is 1. The molecule has 1 aliphatic heterocycles. The number of alkyl carbamates (subject to hydrolysis) is 1. The number of anilines is 1. The van der Waals surface area contributed by atoms with Gasteiger partial charge in [0.05, 0.1) is 43.4 Å². The highest BCUT2D eigenvalue weighted by molar-refractivity contribution is 5.92. The SMILES string of the molecule is O=C(CC(c1ccc(F)cc1)c1ccc(F)cc1)Nc1cncc(F)c1CC[C@@H]1CN[C@H](COC(=O)NC(CO)C(F)(F)F)CO1. The summed E-state index contributed by atoms with van der Waals surface area (Å²) in [6.45, 7) is -1.30. The van der Waals surface area contributed by atoms with Crippen LogP contribution in [0.2, 0.25) is 0 Å². The molecule has 1 unspecified atom stereocenters. The Hall–Kier alpha value is -4.21. The Morgan fingerprint density at radius 3 is 2.20 bits per heavy atom. The number of benzene rings is 2. The molecule has 0 radical (unpaired) electrons. The van der Waals surface area contributed by atoms with Crippen molar-refractivity contribution in [3.63, 3.8) is 0 Å². The van der Waals surface area contributed by atoms with Crippen molar-refractivity contribution < 1.29 is 50.5 Å². The molecule has 1 fully saturated rings. The smallest absolute Gasteiger partial charge is 0.410 e. The Morgan fingerprint density at radius 2 is 1.65 bits per heavy atom. The van der Waals surface area contributed by atoms with Gasteiger partial charge in [0.25, 0.3) is 0 Å². The molecule has 1 saturated heterocycles. The van der Waals surface area contributed by atoms with Crippen LogP contribution in [-0.4, -0.2) is 72.8 Å². The van der Waals surface area contributed by atoms with Crippen molar-refractivity contribution in [3.8, 4) is 0 Å². The van der Waals surface area contributed by atoms with Gasteiger partial charge in [-0.2, -0.15) is 13.2 Å². The van der Waals surface area contributed by atoms with E-state index in [9.17, 15) is 35.9 Å². The second-order valence-corrected chi connectivity index (χ2v) is 10.7. The first-order chi connectivity index (χ1) is 21.9. The third-order valence-corrected chi connectivity index (χ3v) is 7.38. The Morgan fingerprint density at radius 1 is 1.02 bits per heavy atom. The summed E-state index contributed by atoms with van der Waals surface area (Å²) in [5.41, 5.74) is 1.60. The molecule has 15 heteroatoms. The number of alkyl halides is 3. The summed E-state index contributed by atoms with van der Waals surface area (Å²) >= 11 is 0. The molecule has 1 aromatic heterocycles. The Kier molecular flexibility index (Phi) is 12.0. The highest BCUT2D eigenvalue weighted by atomic mass is 19.4. The number of pyridine rings is 1. The van der Waals surface area contributed by atoms with E-state index in [0.717, 1.165) is 6.20 Å². The first kappa shape index (κ1) is 34.7. The van der Waals surface area contributed by atoms with Gasteiger partial charge < -0.3 is 30.5 Å². The fourth-order valence-corrected chi connectivity index (χ4v) is 4.89. The average molecular weight is 655 g/mol. The molecule has 0 aliphatic carbocycles. The van der Waals surface area contributed by atoms with E-state index in [2.05, 4.69) is 15.6 Å². The van der Waals surface area contributed by atoms with Crippen LogP contribution in [0, 0.1) is 17.5 Å². The Bertz CT molecular complexity index is 1410. The average Bonchev–Trinajstić information content (AvgIpc) is 3.02. The van der Waals surface area contributed by atoms with Gasteiger partial charge in [-0.25, -0.2) is 18.0 Å². The minimum atomic E-state index is -4.83. The van der Waals surface area contributed by atoms with E-state index in [0.29, 0.717) is 17.5 Å². The fraction of sp³-hybridized carbons (Fsp3) is 0.387. The van der Waals surface area contributed by atoms with Crippen LogP contribution in [0.15, 0.2) is 60.9 Å². The van der Waals surface area contributed by atoms with E-state index in [1.807, 2.05) is 0 Å². The second-order valence-electron chi connectivity index (χ2n) is 10.7. The highest BCUT2D eigenvalue weighted by Crippen LogP contribution is 2.30. The first-order valence-electron chi connectivity index (χ1n) is 14.3. The van der Waals surface area contributed by atoms with Crippen LogP contribution in [-0.2, 0) is 20.7 Å².